The predicted molar refractivity (Wildman–Crippen MR) is 83.3 cm³/mol. The van der Waals surface area contributed by atoms with Crippen LogP contribution < -0.4 is 0 Å². The molecule has 0 aromatic heterocycles. The second-order valence-corrected chi connectivity index (χ2v) is 7.13. The standard InChI is InChI=1S/C16H26O4S/c17-15(19-13-5-1-2-6-13)9-11-21-12-10-16(18)20-14-7-3-4-8-14/h13-14H,1-12H2. The Morgan fingerprint density at radius 1 is 0.762 bits per heavy atom. The monoisotopic (exact) mass is 314 g/mol. The average Bonchev–Trinajstić information content (AvgIpc) is 3.12. The molecule has 0 aliphatic heterocycles. The van der Waals surface area contributed by atoms with Gasteiger partial charge in [0.25, 0.3) is 0 Å². The molecule has 0 atom stereocenters. The summed E-state index contributed by atoms with van der Waals surface area (Å²) in [5.41, 5.74) is 0. The van der Waals surface area contributed by atoms with Gasteiger partial charge in [-0.2, -0.15) is 11.8 Å². The van der Waals surface area contributed by atoms with Crippen molar-refractivity contribution in [3.63, 3.8) is 0 Å². The Hall–Kier alpha value is -0.710. The fourth-order valence-electron chi connectivity index (χ4n) is 2.92. The van der Waals surface area contributed by atoms with Gasteiger partial charge in [0.2, 0.25) is 0 Å². The van der Waals surface area contributed by atoms with E-state index in [2.05, 4.69) is 0 Å². The van der Waals surface area contributed by atoms with Crippen LogP contribution in [0.25, 0.3) is 0 Å². The minimum absolute atomic E-state index is 0.0945. The van der Waals surface area contributed by atoms with E-state index in [1.807, 2.05) is 0 Å². The summed E-state index contributed by atoms with van der Waals surface area (Å²) in [4.78, 5) is 23.2. The van der Waals surface area contributed by atoms with E-state index in [1.165, 1.54) is 25.7 Å². The highest BCUT2D eigenvalue weighted by molar-refractivity contribution is 7.99. The lowest BCUT2D eigenvalue weighted by atomic mass is 10.3. The number of rotatable bonds is 8. The molecule has 5 heteroatoms. The lowest BCUT2D eigenvalue weighted by molar-refractivity contribution is -0.149. The van der Waals surface area contributed by atoms with Crippen LogP contribution in [0, 0.1) is 0 Å². The number of carbonyl (C=O) groups excluding carboxylic acids is 2. The summed E-state index contributed by atoms with van der Waals surface area (Å²) in [5, 5.41) is 0. The highest BCUT2D eigenvalue weighted by Crippen LogP contribution is 2.22. The van der Waals surface area contributed by atoms with E-state index in [0.717, 1.165) is 37.2 Å². The Bertz CT molecular complexity index is 301. The Labute approximate surface area is 131 Å². The molecule has 4 nitrogen and oxygen atoms in total. The summed E-state index contributed by atoms with van der Waals surface area (Å²) in [6.45, 7) is 0. The van der Waals surface area contributed by atoms with E-state index in [0.29, 0.717) is 12.8 Å². The third-order valence-corrected chi connectivity index (χ3v) is 5.09. The zero-order valence-corrected chi connectivity index (χ0v) is 13.5. The first-order valence-corrected chi connectivity index (χ1v) is 9.36. The molecule has 0 amide bonds. The first-order chi connectivity index (χ1) is 10.2. The van der Waals surface area contributed by atoms with Crippen molar-refractivity contribution in [3.05, 3.63) is 0 Å². The van der Waals surface area contributed by atoms with Crippen LogP contribution in [0.5, 0.6) is 0 Å². The van der Waals surface area contributed by atoms with Gasteiger partial charge in [-0.25, -0.2) is 0 Å². The Morgan fingerprint density at radius 3 is 1.52 bits per heavy atom. The molecule has 0 aromatic carbocycles. The van der Waals surface area contributed by atoms with Crippen molar-refractivity contribution in [1.82, 2.24) is 0 Å². The second-order valence-electron chi connectivity index (χ2n) is 5.91. The van der Waals surface area contributed by atoms with Gasteiger partial charge in [0, 0.05) is 11.5 Å². The van der Waals surface area contributed by atoms with Gasteiger partial charge in [0.05, 0.1) is 12.8 Å². The Balaban J connectivity index is 1.43. The molecule has 0 bridgehead atoms. The van der Waals surface area contributed by atoms with Crippen molar-refractivity contribution in [2.45, 2.75) is 76.4 Å². The maximum Gasteiger partial charge on any atom is 0.306 e. The van der Waals surface area contributed by atoms with Crippen molar-refractivity contribution in [1.29, 1.82) is 0 Å². The Kier molecular flexibility index (Phi) is 7.41. The van der Waals surface area contributed by atoms with Crippen molar-refractivity contribution in [2.24, 2.45) is 0 Å². The molecule has 2 saturated carbocycles. The second kappa shape index (κ2) is 9.34. The van der Waals surface area contributed by atoms with Crippen LogP contribution in [0.1, 0.15) is 64.2 Å². The number of hydrogen-bond acceptors (Lipinski definition) is 5. The summed E-state index contributed by atoms with van der Waals surface area (Å²) < 4.78 is 10.8. The number of ether oxygens (including phenoxy) is 2. The van der Waals surface area contributed by atoms with Crippen LogP contribution in [0.2, 0.25) is 0 Å². The van der Waals surface area contributed by atoms with Gasteiger partial charge in [0.1, 0.15) is 12.2 Å². The van der Waals surface area contributed by atoms with Crippen LogP contribution >= 0.6 is 11.8 Å². The molecule has 2 fully saturated rings. The largest absolute Gasteiger partial charge is 0.462 e. The van der Waals surface area contributed by atoms with E-state index in [9.17, 15) is 9.59 Å². The van der Waals surface area contributed by atoms with E-state index in [1.54, 1.807) is 11.8 Å². The first kappa shape index (κ1) is 16.7. The van der Waals surface area contributed by atoms with Crippen LogP contribution in [0.3, 0.4) is 0 Å². The molecule has 2 rings (SSSR count). The molecule has 0 radical (unpaired) electrons. The fourth-order valence-corrected chi connectivity index (χ4v) is 3.74. The third-order valence-electron chi connectivity index (χ3n) is 4.10. The zero-order valence-electron chi connectivity index (χ0n) is 12.7. The van der Waals surface area contributed by atoms with Gasteiger partial charge in [-0.1, -0.05) is 0 Å². The zero-order chi connectivity index (χ0) is 14.9. The Morgan fingerprint density at radius 2 is 1.14 bits per heavy atom. The van der Waals surface area contributed by atoms with Crippen molar-refractivity contribution in [3.8, 4) is 0 Å². The van der Waals surface area contributed by atoms with Crippen LogP contribution in [-0.4, -0.2) is 35.7 Å². The summed E-state index contributed by atoms with van der Waals surface area (Å²) in [6, 6.07) is 0. The molecule has 120 valence electrons. The molecule has 2 aliphatic rings. The molecule has 21 heavy (non-hydrogen) atoms. The summed E-state index contributed by atoms with van der Waals surface area (Å²) in [5.74, 6) is 1.26. The molecule has 0 saturated heterocycles. The average molecular weight is 314 g/mol. The molecular weight excluding hydrogens is 288 g/mol. The number of hydrogen-bond donors (Lipinski definition) is 0. The van der Waals surface area contributed by atoms with Gasteiger partial charge >= 0.3 is 11.9 Å². The number of carbonyl (C=O) groups is 2. The molecule has 0 N–H and O–H groups in total. The van der Waals surface area contributed by atoms with E-state index >= 15 is 0 Å². The maximum absolute atomic E-state index is 11.6. The summed E-state index contributed by atoms with van der Waals surface area (Å²) >= 11 is 1.62. The fraction of sp³-hybridized carbons (Fsp3) is 0.875. The topological polar surface area (TPSA) is 52.6 Å². The molecular formula is C16H26O4S. The lowest BCUT2D eigenvalue weighted by Crippen LogP contribution is -2.16. The maximum atomic E-state index is 11.6. The molecule has 0 unspecified atom stereocenters. The van der Waals surface area contributed by atoms with E-state index < -0.39 is 0 Å². The smallest absolute Gasteiger partial charge is 0.306 e. The van der Waals surface area contributed by atoms with E-state index in [4.69, 9.17) is 9.47 Å². The summed E-state index contributed by atoms with van der Waals surface area (Å²) in [7, 11) is 0. The van der Waals surface area contributed by atoms with Crippen molar-refractivity contribution >= 4 is 23.7 Å². The number of esters is 2. The van der Waals surface area contributed by atoms with Crippen molar-refractivity contribution < 1.29 is 19.1 Å². The third kappa shape index (κ3) is 6.72. The minimum atomic E-state index is -0.0945. The molecule has 0 spiro atoms. The van der Waals surface area contributed by atoms with Crippen LogP contribution in [0.15, 0.2) is 0 Å². The molecule has 0 heterocycles. The van der Waals surface area contributed by atoms with Crippen LogP contribution in [-0.2, 0) is 19.1 Å². The summed E-state index contributed by atoms with van der Waals surface area (Å²) in [6.07, 6.45) is 9.98. The highest BCUT2D eigenvalue weighted by atomic mass is 32.2. The minimum Gasteiger partial charge on any atom is -0.462 e. The quantitative estimate of drug-likeness (QED) is 0.507. The predicted octanol–water partition coefficient (Wildman–Crippen LogP) is 3.47. The van der Waals surface area contributed by atoms with Gasteiger partial charge in [-0.15, -0.1) is 0 Å². The highest BCUT2D eigenvalue weighted by Gasteiger charge is 2.20. The van der Waals surface area contributed by atoms with Gasteiger partial charge in [0.15, 0.2) is 0 Å². The lowest BCUT2D eigenvalue weighted by Gasteiger charge is -2.11. The molecule has 0 aromatic rings. The van der Waals surface area contributed by atoms with Crippen molar-refractivity contribution in [2.75, 3.05) is 11.5 Å². The van der Waals surface area contributed by atoms with E-state index in [-0.39, 0.29) is 24.1 Å². The van der Waals surface area contributed by atoms with Crippen LogP contribution in [0.4, 0.5) is 0 Å². The SMILES string of the molecule is O=C(CCSCCC(=O)OC1CCCC1)OC1CCCC1. The normalized spacial score (nSPS) is 19.8. The number of thioether (sulfide) groups is 1. The van der Waals surface area contributed by atoms with Gasteiger partial charge < -0.3 is 9.47 Å². The first-order valence-electron chi connectivity index (χ1n) is 8.21. The van der Waals surface area contributed by atoms with Gasteiger partial charge in [-0.05, 0) is 51.4 Å². The molecule has 2 aliphatic carbocycles. The van der Waals surface area contributed by atoms with Gasteiger partial charge in [-0.3, -0.25) is 9.59 Å².